The van der Waals surface area contributed by atoms with Crippen molar-refractivity contribution in [3.05, 3.63) is 41.3 Å². The van der Waals surface area contributed by atoms with Crippen LogP contribution in [0.5, 0.6) is 0 Å². The molecule has 1 N–H and O–H groups in total. The lowest BCUT2D eigenvalue weighted by Crippen LogP contribution is -2.36. The zero-order valence-corrected chi connectivity index (χ0v) is 15.2. The molecule has 136 valence electrons. The molecule has 0 atom stereocenters. The molecule has 3 heterocycles. The zero-order valence-electron chi connectivity index (χ0n) is 15.2. The molecule has 0 bridgehead atoms. The highest BCUT2D eigenvalue weighted by molar-refractivity contribution is 5.39. The molecule has 0 aromatic carbocycles. The Morgan fingerprint density at radius 3 is 2.81 bits per heavy atom. The Morgan fingerprint density at radius 1 is 1.15 bits per heavy atom. The molecule has 1 fully saturated rings. The fourth-order valence-corrected chi connectivity index (χ4v) is 4.14. The molecule has 0 radical (unpaired) electrons. The molecule has 26 heavy (non-hydrogen) atoms. The van der Waals surface area contributed by atoms with E-state index < -0.39 is 0 Å². The van der Waals surface area contributed by atoms with Crippen molar-refractivity contribution in [3.8, 4) is 6.07 Å². The van der Waals surface area contributed by atoms with Gasteiger partial charge in [0.1, 0.15) is 11.9 Å². The molecule has 2 aromatic heterocycles. The molecule has 1 aliphatic heterocycles. The number of pyridine rings is 1. The Hall–Kier alpha value is -2.39. The van der Waals surface area contributed by atoms with E-state index in [0.717, 1.165) is 30.6 Å². The molecule has 6 heteroatoms. The summed E-state index contributed by atoms with van der Waals surface area (Å²) in [5.74, 6) is 0.774. The van der Waals surface area contributed by atoms with Gasteiger partial charge >= 0.3 is 0 Å². The van der Waals surface area contributed by atoms with E-state index in [9.17, 15) is 0 Å². The van der Waals surface area contributed by atoms with Crippen molar-refractivity contribution < 1.29 is 0 Å². The summed E-state index contributed by atoms with van der Waals surface area (Å²) in [6.45, 7) is 3.87. The lowest BCUT2D eigenvalue weighted by molar-refractivity contribution is 0.150. The van der Waals surface area contributed by atoms with Crippen molar-refractivity contribution in [2.24, 2.45) is 0 Å². The molecule has 1 aliphatic carbocycles. The highest BCUT2D eigenvalue weighted by Crippen LogP contribution is 2.26. The van der Waals surface area contributed by atoms with Gasteiger partial charge in [0.2, 0.25) is 0 Å². The molecule has 6 nitrogen and oxygen atoms in total. The van der Waals surface area contributed by atoms with Crippen LogP contribution in [-0.4, -0.2) is 32.3 Å². The molecule has 0 saturated heterocycles. The van der Waals surface area contributed by atoms with Crippen LogP contribution in [0.4, 0.5) is 5.82 Å². The first-order valence-corrected chi connectivity index (χ1v) is 9.71. The van der Waals surface area contributed by atoms with E-state index >= 15 is 0 Å². The quantitative estimate of drug-likeness (QED) is 0.916. The number of hydrogen-bond acceptors (Lipinski definition) is 5. The molecule has 0 unspecified atom stereocenters. The van der Waals surface area contributed by atoms with E-state index in [1.165, 1.54) is 50.8 Å². The SMILES string of the molecule is N#Cc1ccc(NCc2cc3n(n2)CCCN(C2CCCCC2)C3)nc1. The fraction of sp³-hybridized carbons (Fsp3) is 0.550. The second kappa shape index (κ2) is 7.88. The van der Waals surface area contributed by atoms with E-state index in [-0.39, 0.29) is 0 Å². The highest BCUT2D eigenvalue weighted by Gasteiger charge is 2.24. The van der Waals surface area contributed by atoms with Crippen LogP contribution in [-0.2, 0) is 19.6 Å². The first kappa shape index (κ1) is 17.0. The molecule has 2 aliphatic rings. The first-order valence-electron chi connectivity index (χ1n) is 9.71. The van der Waals surface area contributed by atoms with E-state index in [0.29, 0.717) is 12.1 Å². The molecule has 1 saturated carbocycles. The first-order chi connectivity index (χ1) is 12.8. The average molecular weight is 350 g/mol. The lowest BCUT2D eigenvalue weighted by Gasteiger charge is -2.33. The number of rotatable bonds is 4. The second-order valence-corrected chi connectivity index (χ2v) is 7.36. The summed E-state index contributed by atoms with van der Waals surface area (Å²) in [4.78, 5) is 6.94. The third-order valence-electron chi connectivity index (χ3n) is 5.53. The lowest BCUT2D eigenvalue weighted by atomic mass is 9.94. The van der Waals surface area contributed by atoms with Crippen molar-refractivity contribution in [1.82, 2.24) is 19.7 Å². The number of nitrogens with zero attached hydrogens (tertiary/aromatic N) is 5. The number of nitrogens with one attached hydrogen (secondary N) is 1. The number of anilines is 1. The van der Waals surface area contributed by atoms with Crippen molar-refractivity contribution in [2.75, 3.05) is 11.9 Å². The van der Waals surface area contributed by atoms with Crippen molar-refractivity contribution >= 4 is 5.82 Å². The smallest absolute Gasteiger partial charge is 0.126 e. The zero-order chi connectivity index (χ0) is 17.8. The monoisotopic (exact) mass is 350 g/mol. The van der Waals surface area contributed by atoms with Crippen LogP contribution in [0.2, 0.25) is 0 Å². The number of aromatic nitrogens is 3. The second-order valence-electron chi connectivity index (χ2n) is 7.36. The summed E-state index contributed by atoms with van der Waals surface area (Å²) >= 11 is 0. The Morgan fingerprint density at radius 2 is 2.04 bits per heavy atom. The molecule has 2 aromatic rings. The number of aryl methyl sites for hydroxylation is 1. The van der Waals surface area contributed by atoms with Gasteiger partial charge in [0.05, 0.1) is 23.5 Å². The Bertz CT molecular complexity index is 767. The third-order valence-corrected chi connectivity index (χ3v) is 5.53. The summed E-state index contributed by atoms with van der Waals surface area (Å²) in [5.41, 5.74) is 2.96. The standard InChI is InChI=1S/C20H26N6/c21-12-16-7-8-20(22-13-16)23-14-17-11-19-15-25(9-4-10-26(19)24-17)18-5-2-1-3-6-18/h7-8,11,13,18H,1-6,9-10,14-15H2,(H,22,23). The summed E-state index contributed by atoms with van der Waals surface area (Å²) in [5, 5.41) is 16.9. The van der Waals surface area contributed by atoms with Crippen LogP contribution in [0.25, 0.3) is 0 Å². The van der Waals surface area contributed by atoms with Gasteiger partial charge in [0.25, 0.3) is 0 Å². The van der Waals surface area contributed by atoms with Gasteiger partial charge in [-0.15, -0.1) is 0 Å². The van der Waals surface area contributed by atoms with Crippen molar-refractivity contribution in [1.29, 1.82) is 5.26 Å². The van der Waals surface area contributed by atoms with E-state index in [1.54, 1.807) is 12.3 Å². The number of hydrogen-bond donors (Lipinski definition) is 1. The topological polar surface area (TPSA) is 69.8 Å². The van der Waals surface area contributed by atoms with E-state index in [2.05, 4.69) is 32.0 Å². The van der Waals surface area contributed by atoms with Gasteiger partial charge in [-0.05, 0) is 37.5 Å². The molecular formula is C20H26N6. The summed E-state index contributed by atoms with van der Waals surface area (Å²) in [6, 6.07) is 8.70. The maximum absolute atomic E-state index is 8.84. The minimum atomic E-state index is 0.576. The summed E-state index contributed by atoms with van der Waals surface area (Å²) < 4.78 is 2.19. The van der Waals surface area contributed by atoms with Crippen LogP contribution < -0.4 is 5.32 Å². The number of nitriles is 1. The molecule has 0 spiro atoms. The average Bonchev–Trinajstić information content (AvgIpc) is 2.97. The van der Waals surface area contributed by atoms with Gasteiger partial charge in [-0.3, -0.25) is 9.58 Å². The predicted octanol–water partition coefficient (Wildman–Crippen LogP) is 3.30. The molecule has 4 rings (SSSR count). The summed E-state index contributed by atoms with van der Waals surface area (Å²) in [6.07, 6.45) is 9.64. The number of fused-ring (bicyclic) bond motifs is 1. The molecular weight excluding hydrogens is 324 g/mol. The van der Waals surface area contributed by atoms with Gasteiger partial charge in [0, 0.05) is 31.9 Å². The Balaban J connectivity index is 1.40. The van der Waals surface area contributed by atoms with Gasteiger partial charge < -0.3 is 5.32 Å². The van der Waals surface area contributed by atoms with Gasteiger partial charge in [-0.2, -0.15) is 10.4 Å². The van der Waals surface area contributed by atoms with Crippen LogP contribution in [0.1, 0.15) is 55.5 Å². The molecule has 0 amide bonds. The Kier molecular flexibility index (Phi) is 5.16. The highest BCUT2D eigenvalue weighted by atomic mass is 15.3. The Labute approximate surface area is 154 Å². The minimum Gasteiger partial charge on any atom is -0.364 e. The van der Waals surface area contributed by atoms with E-state index in [1.807, 2.05) is 6.07 Å². The van der Waals surface area contributed by atoms with Crippen LogP contribution >= 0.6 is 0 Å². The normalized spacial score (nSPS) is 18.7. The predicted molar refractivity (Wildman–Crippen MR) is 100 cm³/mol. The van der Waals surface area contributed by atoms with Crippen LogP contribution in [0.15, 0.2) is 24.4 Å². The third kappa shape index (κ3) is 3.88. The fourth-order valence-electron chi connectivity index (χ4n) is 4.14. The van der Waals surface area contributed by atoms with Gasteiger partial charge in [0.15, 0.2) is 0 Å². The van der Waals surface area contributed by atoms with Crippen molar-refractivity contribution in [3.63, 3.8) is 0 Å². The maximum atomic E-state index is 8.84. The largest absolute Gasteiger partial charge is 0.364 e. The van der Waals surface area contributed by atoms with E-state index in [4.69, 9.17) is 10.4 Å². The van der Waals surface area contributed by atoms with Gasteiger partial charge in [-0.25, -0.2) is 4.98 Å². The van der Waals surface area contributed by atoms with Crippen LogP contribution in [0, 0.1) is 11.3 Å². The van der Waals surface area contributed by atoms with Gasteiger partial charge in [-0.1, -0.05) is 19.3 Å². The minimum absolute atomic E-state index is 0.576. The van der Waals surface area contributed by atoms with Crippen molar-refractivity contribution in [2.45, 2.75) is 64.2 Å². The summed E-state index contributed by atoms with van der Waals surface area (Å²) in [7, 11) is 0. The van der Waals surface area contributed by atoms with Crippen LogP contribution in [0.3, 0.4) is 0 Å². The maximum Gasteiger partial charge on any atom is 0.126 e.